The molecule has 0 unspecified atom stereocenters. The van der Waals surface area contributed by atoms with Crippen molar-refractivity contribution < 1.29 is 9.53 Å². The van der Waals surface area contributed by atoms with Crippen molar-refractivity contribution in [1.82, 2.24) is 10.6 Å². The van der Waals surface area contributed by atoms with Crippen molar-refractivity contribution >= 4 is 5.91 Å². The highest BCUT2D eigenvalue weighted by Gasteiger charge is 2.21. The van der Waals surface area contributed by atoms with Crippen LogP contribution >= 0.6 is 0 Å². The minimum Gasteiger partial charge on any atom is -0.496 e. The summed E-state index contributed by atoms with van der Waals surface area (Å²) in [6.07, 6.45) is 1.85. The molecular weight excluding hydrogens is 252 g/mol. The molecule has 0 atom stereocenters. The summed E-state index contributed by atoms with van der Waals surface area (Å²) in [5.74, 6) is 1.16. The largest absolute Gasteiger partial charge is 0.496 e. The second-order valence-electron chi connectivity index (χ2n) is 5.50. The maximum atomic E-state index is 12.2. The molecule has 1 aromatic rings. The molecule has 0 radical (unpaired) electrons. The molecule has 0 spiro atoms. The van der Waals surface area contributed by atoms with Crippen LogP contribution in [0.5, 0.6) is 5.75 Å². The standard InChI is InChI=1S/C16H24N2O2/c1-11-8-12(2)14(15(9-11)20-3)10-18-16(19)13-4-6-17-7-5-13/h8-9,13,17H,4-7,10H2,1-3H3,(H,18,19). The van der Waals surface area contributed by atoms with Gasteiger partial charge in [0.25, 0.3) is 0 Å². The van der Waals surface area contributed by atoms with Gasteiger partial charge in [-0.15, -0.1) is 0 Å². The summed E-state index contributed by atoms with van der Waals surface area (Å²) in [5, 5.41) is 6.33. The first kappa shape index (κ1) is 14.9. The Morgan fingerprint density at radius 1 is 1.35 bits per heavy atom. The van der Waals surface area contributed by atoms with Crippen molar-refractivity contribution in [3.05, 3.63) is 28.8 Å². The average molecular weight is 276 g/mol. The Morgan fingerprint density at radius 3 is 2.70 bits per heavy atom. The summed E-state index contributed by atoms with van der Waals surface area (Å²) in [6, 6.07) is 4.13. The predicted octanol–water partition coefficient (Wildman–Crippen LogP) is 1.93. The number of piperidine rings is 1. The second kappa shape index (κ2) is 6.75. The number of carbonyl (C=O) groups excluding carboxylic acids is 1. The Kier molecular flexibility index (Phi) is 5.01. The highest BCUT2D eigenvalue weighted by molar-refractivity contribution is 5.78. The molecule has 0 aliphatic carbocycles. The van der Waals surface area contributed by atoms with E-state index in [-0.39, 0.29) is 11.8 Å². The highest BCUT2D eigenvalue weighted by Crippen LogP contribution is 2.24. The van der Waals surface area contributed by atoms with Gasteiger partial charge in [0.1, 0.15) is 5.75 Å². The number of nitrogens with one attached hydrogen (secondary N) is 2. The third-order valence-corrected chi connectivity index (χ3v) is 3.95. The molecule has 1 aliphatic heterocycles. The van der Waals surface area contributed by atoms with Crippen molar-refractivity contribution in [2.75, 3.05) is 20.2 Å². The van der Waals surface area contributed by atoms with Gasteiger partial charge < -0.3 is 15.4 Å². The summed E-state index contributed by atoms with van der Waals surface area (Å²) in [6.45, 7) is 6.52. The third kappa shape index (κ3) is 3.51. The van der Waals surface area contributed by atoms with Gasteiger partial charge in [-0.3, -0.25) is 4.79 Å². The molecule has 4 nitrogen and oxygen atoms in total. The Hall–Kier alpha value is -1.55. The van der Waals surface area contributed by atoms with E-state index in [4.69, 9.17) is 4.74 Å². The maximum Gasteiger partial charge on any atom is 0.223 e. The van der Waals surface area contributed by atoms with E-state index >= 15 is 0 Å². The lowest BCUT2D eigenvalue weighted by Crippen LogP contribution is -2.38. The average Bonchev–Trinajstić information content (AvgIpc) is 2.46. The van der Waals surface area contributed by atoms with Gasteiger partial charge in [0, 0.05) is 18.0 Å². The number of aryl methyl sites for hydroxylation is 2. The molecule has 1 aromatic carbocycles. The SMILES string of the molecule is COc1cc(C)cc(C)c1CNC(=O)C1CCNCC1. The number of hydrogen-bond acceptors (Lipinski definition) is 3. The van der Waals surface area contributed by atoms with Crippen molar-refractivity contribution in [1.29, 1.82) is 0 Å². The molecule has 0 bridgehead atoms. The van der Waals surface area contributed by atoms with Crippen LogP contribution in [-0.2, 0) is 11.3 Å². The number of rotatable bonds is 4. The Labute approximate surface area is 120 Å². The number of amides is 1. The van der Waals surface area contributed by atoms with Crippen molar-refractivity contribution in [3.63, 3.8) is 0 Å². The number of ether oxygens (including phenoxy) is 1. The lowest BCUT2D eigenvalue weighted by Gasteiger charge is -2.22. The van der Waals surface area contributed by atoms with Crippen LogP contribution < -0.4 is 15.4 Å². The van der Waals surface area contributed by atoms with Gasteiger partial charge in [0.2, 0.25) is 5.91 Å². The molecule has 1 saturated heterocycles. The van der Waals surface area contributed by atoms with Gasteiger partial charge in [-0.25, -0.2) is 0 Å². The van der Waals surface area contributed by atoms with E-state index in [9.17, 15) is 4.79 Å². The van der Waals surface area contributed by atoms with E-state index in [0.717, 1.165) is 42.8 Å². The topological polar surface area (TPSA) is 50.4 Å². The second-order valence-corrected chi connectivity index (χ2v) is 5.50. The molecule has 110 valence electrons. The zero-order valence-electron chi connectivity index (χ0n) is 12.6. The van der Waals surface area contributed by atoms with E-state index in [2.05, 4.69) is 23.6 Å². The van der Waals surface area contributed by atoms with Crippen LogP contribution in [0.15, 0.2) is 12.1 Å². The van der Waals surface area contributed by atoms with Gasteiger partial charge >= 0.3 is 0 Å². The van der Waals surface area contributed by atoms with Gasteiger partial charge in [-0.1, -0.05) is 6.07 Å². The molecule has 1 amide bonds. The first-order chi connectivity index (χ1) is 9.61. The lowest BCUT2D eigenvalue weighted by molar-refractivity contribution is -0.125. The van der Waals surface area contributed by atoms with Crippen molar-refractivity contribution in [2.24, 2.45) is 5.92 Å². The molecule has 0 aromatic heterocycles. The third-order valence-electron chi connectivity index (χ3n) is 3.95. The molecule has 4 heteroatoms. The summed E-state index contributed by atoms with van der Waals surface area (Å²) in [4.78, 5) is 12.2. The summed E-state index contributed by atoms with van der Waals surface area (Å²) in [7, 11) is 1.67. The highest BCUT2D eigenvalue weighted by atomic mass is 16.5. The normalized spacial score (nSPS) is 15.9. The summed E-state index contributed by atoms with van der Waals surface area (Å²) < 4.78 is 5.42. The number of hydrogen-bond donors (Lipinski definition) is 2. The van der Waals surface area contributed by atoms with Crippen LogP contribution in [0.3, 0.4) is 0 Å². The Bertz CT molecular complexity index is 480. The molecule has 2 N–H and O–H groups in total. The van der Waals surface area contributed by atoms with E-state index in [0.29, 0.717) is 6.54 Å². The lowest BCUT2D eigenvalue weighted by atomic mass is 9.97. The van der Waals surface area contributed by atoms with Crippen LogP contribution in [0.1, 0.15) is 29.5 Å². The molecular formula is C16H24N2O2. The van der Waals surface area contributed by atoms with E-state index in [1.807, 2.05) is 13.0 Å². The van der Waals surface area contributed by atoms with Crippen LogP contribution in [0.25, 0.3) is 0 Å². The van der Waals surface area contributed by atoms with Crippen LogP contribution in [0.4, 0.5) is 0 Å². The monoisotopic (exact) mass is 276 g/mol. The summed E-state index contributed by atoms with van der Waals surface area (Å²) in [5.41, 5.74) is 3.40. The number of benzene rings is 1. The Balaban J connectivity index is 2.01. The zero-order valence-corrected chi connectivity index (χ0v) is 12.6. The molecule has 1 fully saturated rings. The van der Waals surface area contributed by atoms with Gasteiger partial charge in [0.15, 0.2) is 0 Å². The first-order valence-corrected chi connectivity index (χ1v) is 7.24. The molecule has 1 heterocycles. The van der Waals surface area contributed by atoms with Crippen molar-refractivity contribution in [3.8, 4) is 5.75 Å². The van der Waals surface area contributed by atoms with Gasteiger partial charge in [-0.05, 0) is 57.0 Å². The fourth-order valence-corrected chi connectivity index (χ4v) is 2.77. The summed E-state index contributed by atoms with van der Waals surface area (Å²) >= 11 is 0. The van der Waals surface area contributed by atoms with E-state index in [1.165, 1.54) is 5.56 Å². The molecule has 20 heavy (non-hydrogen) atoms. The van der Waals surface area contributed by atoms with Gasteiger partial charge in [-0.2, -0.15) is 0 Å². The first-order valence-electron chi connectivity index (χ1n) is 7.24. The van der Waals surface area contributed by atoms with E-state index in [1.54, 1.807) is 7.11 Å². The zero-order chi connectivity index (χ0) is 14.5. The van der Waals surface area contributed by atoms with E-state index < -0.39 is 0 Å². The Morgan fingerprint density at radius 2 is 2.05 bits per heavy atom. The molecule has 1 aliphatic rings. The smallest absolute Gasteiger partial charge is 0.223 e. The fourth-order valence-electron chi connectivity index (χ4n) is 2.77. The van der Waals surface area contributed by atoms with Gasteiger partial charge in [0.05, 0.1) is 7.11 Å². The maximum absolute atomic E-state index is 12.2. The van der Waals surface area contributed by atoms with Crippen LogP contribution in [0.2, 0.25) is 0 Å². The number of methoxy groups -OCH3 is 1. The minimum absolute atomic E-state index is 0.146. The predicted molar refractivity (Wildman–Crippen MR) is 79.9 cm³/mol. The quantitative estimate of drug-likeness (QED) is 0.883. The van der Waals surface area contributed by atoms with Crippen molar-refractivity contribution in [2.45, 2.75) is 33.2 Å². The van der Waals surface area contributed by atoms with Crippen LogP contribution in [0, 0.1) is 19.8 Å². The number of carbonyl (C=O) groups is 1. The molecule has 2 rings (SSSR count). The van der Waals surface area contributed by atoms with Crippen LogP contribution in [-0.4, -0.2) is 26.1 Å². The molecule has 0 saturated carbocycles. The minimum atomic E-state index is 0.146. The fraction of sp³-hybridized carbons (Fsp3) is 0.562.